The molecule has 2 saturated heterocycles. The zero-order valence-corrected chi connectivity index (χ0v) is 7.75. The highest BCUT2D eigenvalue weighted by molar-refractivity contribution is 5.90. The van der Waals surface area contributed by atoms with Crippen molar-refractivity contribution in [3.63, 3.8) is 0 Å². The summed E-state index contributed by atoms with van der Waals surface area (Å²) in [6.07, 6.45) is 2.28. The zero-order valence-electron chi connectivity index (χ0n) is 7.75. The third-order valence-corrected chi connectivity index (χ3v) is 2.73. The largest absolute Gasteiger partial charge is 0.350 e. The van der Waals surface area contributed by atoms with Crippen molar-refractivity contribution in [2.45, 2.75) is 38.3 Å². The van der Waals surface area contributed by atoms with Gasteiger partial charge in [0.2, 0.25) is 11.8 Å². The van der Waals surface area contributed by atoms with Gasteiger partial charge in [-0.25, -0.2) is 0 Å². The van der Waals surface area contributed by atoms with Crippen LogP contribution in [0, 0.1) is 0 Å². The summed E-state index contributed by atoms with van der Waals surface area (Å²) in [6, 6.07) is -0.0803. The maximum absolute atomic E-state index is 11.5. The molecule has 4 heteroatoms. The van der Waals surface area contributed by atoms with Gasteiger partial charge in [-0.15, -0.1) is 0 Å². The van der Waals surface area contributed by atoms with E-state index in [1.807, 2.05) is 6.92 Å². The Bertz CT molecular complexity index is 252. The first-order valence-corrected chi connectivity index (χ1v) is 4.78. The fraction of sp³-hybridized carbons (Fsp3) is 0.778. The normalized spacial score (nSPS) is 34.1. The van der Waals surface area contributed by atoms with Crippen LogP contribution in [0.25, 0.3) is 0 Å². The molecule has 0 aromatic carbocycles. The van der Waals surface area contributed by atoms with Crippen molar-refractivity contribution in [2.75, 3.05) is 6.54 Å². The molecule has 0 aromatic heterocycles. The number of amides is 2. The van der Waals surface area contributed by atoms with Crippen LogP contribution >= 0.6 is 0 Å². The summed E-state index contributed by atoms with van der Waals surface area (Å²) >= 11 is 0. The molecular formula is C9H14N2O2. The number of piperidine rings is 1. The maximum atomic E-state index is 11.5. The highest BCUT2D eigenvalue weighted by Crippen LogP contribution is 2.21. The molecule has 0 unspecified atom stereocenters. The number of nitrogens with one attached hydrogen (secondary N) is 1. The number of piperazine rings is 1. The van der Waals surface area contributed by atoms with Crippen LogP contribution in [0.1, 0.15) is 26.2 Å². The van der Waals surface area contributed by atoms with Gasteiger partial charge in [-0.05, 0) is 19.8 Å². The molecule has 0 radical (unpaired) electrons. The number of hydrogen-bond donors (Lipinski definition) is 1. The first-order valence-electron chi connectivity index (χ1n) is 4.78. The molecule has 0 spiro atoms. The summed E-state index contributed by atoms with van der Waals surface area (Å²) in [5.74, 6) is 0.157. The Morgan fingerprint density at radius 1 is 1.46 bits per heavy atom. The minimum absolute atomic E-state index is 0.0202. The lowest BCUT2D eigenvalue weighted by molar-refractivity contribution is -0.147. The van der Waals surface area contributed by atoms with Crippen LogP contribution in [0.5, 0.6) is 0 Å². The Morgan fingerprint density at radius 3 is 3.00 bits per heavy atom. The summed E-state index contributed by atoms with van der Waals surface area (Å²) in [5, 5.41) is 2.87. The molecule has 0 aromatic rings. The predicted octanol–water partition coefficient (Wildman–Crippen LogP) is -0.114. The number of hydrogen-bond acceptors (Lipinski definition) is 2. The molecule has 2 rings (SSSR count). The summed E-state index contributed by atoms with van der Waals surface area (Å²) < 4.78 is 0. The van der Waals surface area contributed by atoms with Crippen LogP contribution in [0.3, 0.4) is 0 Å². The van der Waals surface area contributed by atoms with Crippen LogP contribution in [0.2, 0.25) is 0 Å². The Morgan fingerprint density at radius 2 is 2.23 bits per heavy atom. The van der Waals surface area contributed by atoms with Crippen molar-refractivity contribution in [2.24, 2.45) is 0 Å². The Balaban J connectivity index is 2.17. The number of carbonyl (C=O) groups is 2. The maximum Gasteiger partial charge on any atom is 0.243 e. The van der Waals surface area contributed by atoms with Crippen molar-refractivity contribution in [1.29, 1.82) is 0 Å². The highest BCUT2D eigenvalue weighted by atomic mass is 16.2. The smallest absolute Gasteiger partial charge is 0.243 e. The van der Waals surface area contributed by atoms with Crippen LogP contribution in [-0.4, -0.2) is 35.3 Å². The fourth-order valence-electron chi connectivity index (χ4n) is 2.10. The molecular weight excluding hydrogens is 168 g/mol. The third kappa shape index (κ3) is 1.41. The molecule has 2 amide bonds. The predicted molar refractivity (Wildman–Crippen MR) is 47.0 cm³/mol. The lowest BCUT2D eigenvalue weighted by atomic mass is 9.97. The second-order valence-electron chi connectivity index (χ2n) is 3.86. The summed E-state index contributed by atoms with van der Waals surface area (Å²) in [4.78, 5) is 24.7. The summed E-state index contributed by atoms with van der Waals surface area (Å²) in [5.41, 5.74) is 0. The van der Waals surface area contributed by atoms with Gasteiger partial charge in [0.25, 0.3) is 0 Å². The van der Waals surface area contributed by atoms with Crippen molar-refractivity contribution in [3.8, 4) is 0 Å². The van der Waals surface area contributed by atoms with Gasteiger partial charge < -0.3 is 10.2 Å². The van der Waals surface area contributed by atoms with Gasteiger partial charge in [0.05, 0.1) is 0 Å². The molecule has 2 heterocycles. The van der Waals surface area contributed by atoms with Gasteiger partial charge in [0.1, 0.15) is 6.04 Å². The van der Waals surface area contributed by atoms with Gasteiger partial charge >= 0.3 is 0 Å². The highest BCUT2D eigenvalue weighted by Gasteiger charge is 2.37. The van der Waals surface area contributed by atoms with E-state index in [1.165, 1.54) is 0 Å². The average molecular weight is 182 g/mol. The van der Waals surface area contributed by atoms with Gasteiger partial charge in [0, 0.05) is 19.0 Å². The van der Waals surface area contributed by atoms with Crippen LogP contribution < -0.4 is 5.32 Å². The topological polar surface area (TPSA) is 49.4 Å². The van der Waals surface area contributed by atoms with E-state index in [-0.39, 0.29) is 23.9 Å². The third-order valence-electron chi connectivity index (χ3n) is 2.73. The van der Waals surface area contributed by atoms with Crippen LogP contribution in [-0.2, 0) is 9.59 Å². The molecule has 2 aliphatic rings. The first-order chi connectivity index (χ1) is 6.18. The Hall–Kier alpha value is -1.06. The number of rotatable bonds is 0. The van der Waals surface area contributed by atoms with E-state index >= 15 is 0 Å². The Kier molecular flexibility index (Phi) is 1.98. The fourth-order valence-corrected chi connectivity index (χ4v) is 2.10. The molecule has 2 fully saturated rings. The molecule has 0 bridgehead atoms. The van der Waals surface area contributed by atoms with E-state index in [4.69, 9.17) is 0 Å². The van der Waals surface area contributed by atoms with E-state index < -0.39 is 0 Å². The second-order valence-corrected chi connectivity index (χ2v) is 3.86. The number of fused-ring (bicyclic) bond motifs is 1. The van der Waals surface area contributed by atoms with E-state index in [0.717, 1.165) is 12.8 Å². The standard InChI is InChI=1S/C9H14N2O2/c1-6-5-11-7(9(13)10-6)3-2-4-8(11)12/h6-7H,2-5H2,1H3,(H,10,13)/t6-,7+/m0/s1. The lowest BCUT2D eigenvalue weighted by Gasteiger charge is -2.40. The molecule has 4 nitrogen and oxygen atoms in total. The molecule has 1 N–H and O–H groups in total. The Labute approximate surface area is 77.3 Å². The van der Waals surface area contributed by atoms with Gasteiger partial charge in [0.15, 0.2) is 0 Å². The van der Waals surface area contributed by atoms with Crippen molar-refractivity contribution < 1.29 is 9.59 Å². The van der Waals surface area contributed by atoms with Crippen LogP contribution in [0.4, 0.5) is 0 Å². The second kappa shape index (κ2) is 3.01. The molecule has 0 aliphatic carbocycles. The number of nitrogens with zero attached hydrogens (tertiary/aromatic N) is 1. The minimum Gasteiger partial charge on any atom is -0.350 e. The lowest BCUT2D eigenvalue weighted by Crippen LogP contribution is -2.62. The van der Waals surface area contributed by atoms with E-state index in [2.05, 4.69) is 5.32 Å². The SMILES string of the molecule is C[C@H]1CN2C(=O)CCC[C@@H]2C(=O)N1. The molecule has 2 atom stereocenters. The number of carbonyl (C=O) groups excluding carboxylic acids is 2. The summed E-state index contributed by atoms with van der Waals surface area (Å²) in [7, 11) is 0. The average Bonchev–Trinajstić information content (AvgIpc) is 2.07. The van der Waals surface area contributed by atoms with Gasteiger partial charge in [-0.1, -0.05) is 0 Å². The quantitative estimate of drug-likeness (QED) is 0.568. The van der Waals surface area contributed by atoms with Crippen molar-refractivity contribution in [1.82, 2.24) is 10.2 Å². The van der Waals surface area contributed by atoms with Crippen molar-refractivity contribution in [3.05, 3.63) is 0 Å². The molecule has 72 valence electrons. The summed E-state index contributed by atoms with van der Waals surface area (Å²) in [6.45, 7) is 2.60. The van der Waals surface area contributed by atoms with Gasteiger partial charge in [-0.3, -0.25) is 9.59 Å². The van der Waals surface area contributed by atoms with Gasteiger partial charge in [-0.2, -0.15) is 0 Å². The van der Waals surface area contributed by atoms with E-state index in [9.17, 15) is 9.59 Å². The zero-order chi connectivity index (χ0) is 9.42. The van der Waals surface area contributed by atoms with Crippen molar-refractivity contribution >= 4 is 11.8 Å². The van der Waals surface area contributed by atoms with E-state index in [1.54, 1.807) is 4.90 Å². The van der Waals surface area contributed by atoms with E-state index in [0.29, 0.717) is 13.0 Å². The molecule has 0 saturated carbocycles. The first kappa shape index (κ1) is 8.53. The van der Waals surface area contributed by atoms with Crippen LogP contribution in [0.15, 0.2) is 0 Å². The monoisotopic (exact) mass is 182 g/mol. The molecule has 2 aliphatic heterocycles. The molecule has 13 heavy (non-hydrogen) atoms. The minimum atomic E-state index is -0.183.